The van der Waals surface area contributed by atoms with Gasteiger partial charge in [0.1, 0.15) is 0 Å². The molecular weight excluding hydrogens is 115 g/mol. The average molecular weight is 120 g/mol. The number of hydrogen-bond acceptors (Lipinski definition) is 1. The van der Waals surface area contributed by atoms with E-state index in [2.05, 4.69) is 0 Å². The van der Waals surface area contributed by atoms with E-state index in [0.717, 1.165) is 4.43 Å². The zero-order valence-electron chi connectivity index (χ0n) is 4.37. The summed E-state index contributed by atoms with van der Waals surface area (Å²) in [5.74, 6) is 0. The molecule has 0 radical (unpaired) electrons. The van der Waals surface area contributed by atoms with E-state index >= 15 is 0 Å². The molecule has 0 aliphatic carbocycles. The molecule has 0 N–H and O–H groups in total. The van der Waals surface area contributed by atoms with Crippen molar-refractivity contribution < 1.29 is 3.80 Å². The van der Waals surface area contributed by atoms with Crippen molar-refractivity contribution in [1.29, 1.82) is 0 Å². The third kappa shape index (κ3) is 1.26. The van der Waals surface area contributed by atoms with Gasteiger partial charge in [0.25, 0.3) is 0 Å². The second-order valence-electron chi connectivity index (χ2n) is 1.53. The molecule has 38 valence electrons. The van der Waals surface area contributed by atoms with Crippen LogP contribution in [0.5, 0.6) is 0 Å². The van der Waals surface area contributed by atoms with Crippen molar-refractivity contribution in [3.05, 3.63) is 30.3 Å². The minimum absolute atomic E-state index is 0.739. The Morgan fingerprint density at radius 2 is 1.75 bits per heavy atom. The van der Waals surface area contributed by atoms with Crippen LogP contribution in [0.25, 0.3) is 0 Å². The third-order valence-corrected chi connectivity index (χ3v) is 1.59. The Labute approximate surface area is 54.3 Å². The fraction of sp³-hybridized carbons (Fsp3) is 0. The molecule has 1 nitrogen and oxygen atoms in total. The predicted octanol–water partition coefficient (Wildman–Crippen LogP) is 0.362. The molecule has 2 heteroatoms. The molecule has 0 saturated carbocycles. The molecule has 0 amide bonds. The van der Waals surface area contributed by atoms with Crippen LogP contribution in [-0.4, -0.2) is 15.2 Å². The second-order valence-corrected chi connectivity index (χ2v) is 2.43. The molecule has 0 atom stereocenters. The van der Waals surface area contributed by atoms with Crippen LogP contribution in [-0.2, 0) is 3.80 Å². The van der Waals surface area contributed by atoms with Gasteiger partial charge in [0, 0.05) is 0 Å². The van der Waals surface area contributed by atoms with Crippen molar-refractivity contribution in [2.45, 2.75) is 0 Å². The van der Waals surface area contributed by atoms with Crippen LogP contribution in [0.15, 0.2) is 30.3 Å². The van der Waals surface area contributed by atoms with Crippen LogP contribution < -0.4 is 4.43 Å². The summed E-state index contributed by atoms with van der Waals surface area (Å²) in [4.78, 5) is 0. The van der Waals surface area contributed by atoms with Gasteiger partial charge >= 0.3 is 53.7 Å². The summed E-state index contributed by atoms with van der Waals surface area (Å²) >= 11 is -0.739. The van der Waals surface area contributed by atoms with Crippen molar-refractivity contribution in [3.8, 4) is 0 Å². The van der Waals surface area contributed by atoms with E-state index in [0.29, 0.717) is 0 Å². The van der Waals surface area contributed by atoms with Gasteiger partial charge in [-0.25, -0.2) is 0 Å². The maximum absolute atomic E-state index is 10.2. The Morgan fingerprint density at radius 3 is 2.12 bits per heavy atom. The van der Waals surface area contributed by atoms with Crippen LogP contribution in [0.1, 0.15) is 0 Å². The molecule has 8 heavy (non-hydrogen) atoms. The Morgan fingerprint density at radius 1 is 1.12 bits per heavy atom. The topological polar surface area (TPSA) is 17.1 Å². The first-order valence-electron chi connectivity index (χ1n) is 2.44. The van der Waals surface area contributed by atoms with Crippen LogP contribution in [0.2, 0.25) is 0 Å². The van der Waals surface area contributed by atoms with Gasteiger partial charge in [0.05, 0.1) is 0 Å². The summed E-state index contributed by atoms with van der Waals surface area (Å²) in [6.45, 7) is 0. The third-order valence-electron chi connectivity index (χ3n) is 0.936. The molecule has 0 heterocycles. The fourth-order valence-corrected chi connectivity index (χ4v) is 0.911. The Bertz CT molecular complexity index is 171. The van der Waals surface area contributed by atoms with Gasteiger partial charge in [-0.15, -0.1) is 0 Å². The van der Waals surface area contributed by atoms with Gasteiger partial charge in [-0.2, -0.15) is 0 Å². The van der Waals surface area contributed by atoms with E-state index in [1.54, 1.807) is 0 Å². The standard InChI is InChI=1S/C6H5.Al.O/c1-2-4-6-5-3-1;;/h1-5H;;. The van der Waals surface area contributed by atoms with E-state index in [1.807, 2.05) is 30.3 Å². The van der Waals surface area contributed by atoms with Crippen LogP contribution in [0, 0.1) is 0 Å². The normalized spacial score (nSPS) is 8.00. The summed E-state index contributed by atoms with van der Waals surface area (Å²) in [5.41, 5.74) is 0. The maximum atomic E-state index is 10.2. The molecule has 0 aliphatic heterocycles. The monoisotopic (exact) mass is 120 g/mol. The van der Waals surface area contributed by atoms with Crippen LogP contribution in [0.4, 0.5) is 0 Å². The fourth-order valence-electron chi connectivity index (χ4n) is 0.532. The quantitative estimate of drug-likeness (QED) is 0.489. The molecule has 0 aromatic heterocycles. The number of rotatable bonds is 1. The zero-order valence-corrected chi connectivity index (χ0v) is 5.53. The second kappa shape index (κ2) is 2.76. The van der Waals surface area contributed by atoms with E-state index in [9.17, 15) is 3.80 Å². The Balaban J connectivity index is 2.99. The molecule has 0 bridgehead atoms. The molecule has 0 unspecified atom stereocenters. The van der Waals surface area contributed by atoms with Gasteiger partial charge in [0.15, 0.2) is 0 Å². The molecule has 1 aromatic carbocycles. The van der Waals surface area contributed by atoms with Gasteiger partial charge in [-0.3, -0.25) is 0 Å². The van der Waals surface area contributed by atoms with E-state index in [-0.39, 0.29) is 0 Å². The van der Waals surface area contributed by atoms with Gasteiger partial charge < -0.3 is 0 Å². The summed E-state index contributed by atoms with van der Waals surface area (Å²) in [5, 5.41) is 0. The molecule has 0 saturated heterocycles. The first-order valence-corrected chi connectivity index (χ1v) is 3.48. The Hall–Kier alpha value is -0.448. The molecule has 0 spiro atoms. The minimum atomic E-state index is -0.739. The molecular formula is C6H5AlO. The van der Waals surface area contributed by atoms with E-state index in [1.165, 1.54) is 0 Å². The number of hydrogen-bond donors (Lipinski definition) is 0. The SMILES string of the molecule is [O]=[Al][c]1ccccc1. The zero-order chi connectivity index (χ0) is 5.82. The van der Waals surface area contributed by atoms with Crippen molar-refractivity contribution in [1.82, 2.24) is 0 Å². The first kappa shape index (κ1) is 5.68. The van der Waals surface area contributed by atoms with Crippen LogP contribution >= 0.6 is 0 Å². The Kier molecular flexibility index (Phi) is 1.96. The summed E-state index contributed by atoms with van der Waals surface area (Å²) < 4.78 is 11.2. The van der Waals surface area contributed by atoms with Crippen molar-refractivity contribution in [2.24, 2.45) is 0 Å². The molecule has 1 rings (SSSR count). The van der Waals surface area contributed by atoms with Crippen molar-refractivity contribution >= 4 is 19.6 Å². The van der Waals surface area contributed by atoms with Crippen molar-refractivity contribution in [2.75, 3.05) is 0 Å². The summed E-state index contributed by atoms with van der Waals surface area (Å²) in [6.07, 6.45) is 0. The summed E-state index contributed by atoms with van der Waals surface area (Å²) in [6, 6.07) is 9.42. The molecule has 1 aromatic rings. The summed E-state index contributed by atoms with van der Waals surface area (Å²) in [7, 11) is 0. The van der Waals surface area contributed by atoms with E-state index in [4.69, 9.17) is 0 Å². The number of benzene rings is 1. The van der Waals surface area contributed by atoms with Gasteiger partial charge in [-0.05, 0) is 0 Å². The van der Waals surface area contributed by atoms with Crippen molar-refractivity contribution in [3.63, 3.8) is 0 Å². The first-order chi connectivity index (χ1) is 3.93. The predicted molar refractivity (Wildman–Crippen MR) is 32.5 cm³/mol. The molecule has 0 aliphatic rings. The van der Waals surface area contributed by atoms with Gasteiger partial charge in [0.2, 0.25) is 0 Å². The van der Waals surface area contributed by atoms with Gasteiger partial charge in [-0.1, -0.05) is 0 Å². The van der Waals surface area contributed by atoms with Crippen LogP contribution in [0.3, 0.4) is 0 Å². The molecule has 0 fully saturated rings. The van der Waals surface area contributed by atoms with E-state index < -0.39 is 15.2 Å². The average Bonchev–Trinajstić information content (AvgIpc) is 1.90.